The highest BCUT2D eigenvalue weighted by atomic mass is 32.1. The molecule has 7 heteroatoms. The fourth-order valence-corrected chi connectivity index (χ4v) is 1.74. The van der Waals surface area contributed by atoms with Crippen LogP contribution in [-0.4, -0.2) is 23.5 Å². The van der Waals surface area contributed by atoms with Crippen LogP contribution in [0.3, 0.4) is 0 Å². The maximum atomic E-state index is 11.6. The summed E-state index contributed by atoms with van der Waals surface area (Å²) in [4.78, 5) is 23.0. The molecule has 0 unspecified atom stereocenters. The van der Waals surface area contributed by atoms with Crippen LogP contribution >= 0.6 is 12.2 Å². The third-order valence-corrected chi connectivity index (χ3v) is 2.89. The summed E-state index contributed by atoms with van der Waals surface area (Å²) in [5.41, 5.74) is 5.86. The zero-order chi connectivity index (χ0) is 16.4. The van der Waals surface area contributed by atoms with Gasteiger partial charge in [0.1, 0.15) is 5.75 Å². The van der Waals surface area contributed by atoms with E-state index in [1.165, 1.54) is 0 Å². The van der Waals surface area contributed by atoms with Gasteiger partial charge in [0.2, 0.25) is 5.91 Å². The predicted octanol–water partition coefficient (Wildman–Crippen LogP) is 1.59. The van der Waals surface area contributed by atoms with Crippen molar-refractivity contribution in [1.82, 2.24) is 16.2 Å². The van der Waals surface area contributed by atoms with E-state index in [-0.39, 0.29) is 17.6 Å². The van der Waals surface area contributed by atoms with Gasteiger partial charge < -0.3 is 10.1 Å². The quantitative estimate of drug-likeness (QED) is 0.547. The molecule has 0 bridgehead atoms. The van der Waals surface area contributed by atoms with E-state index in [0.29, 0.717) is 12.2 Å². The lowest BCUT2D eigenvalue weighted by molar-refractivity contribution is -0.124. The summed E-state index contributed by atoms with van der Waals surface area (Å²) in [7, 11) is 0. The second kappa shape index (κ2) is 9.73. The van der Waals surface area contributed by atoms with Crippen molar-refractivity contribution in [3.05, 3.63) is 29.8 Å². The second-order valence-electron chi connectivity index (χ2n) is 4.76. The van der Waals surface area contributed by atoms with Gasteiger partial charge in [0.25, 0.3) is 5.91 Å². The Morgan fingerprint density at radius 3 is 2.68 bits per heavy atom. The van der Waals surface area contributed by atoms with Gasteiger partial charge in [0.15, 0.2) is 11.7 Å². The average Bonchev–Trinajstić information content (AvgIpc) is 2.49. The van der Waals surface area contributed by atoms with Crippen LogP contribution in [0.2, 0.25) is 0 Å². The number of hydrogen-bond acceptors (Lipinski definition) is 4. The smallest absolute Gasteiger partial charge is 0.276 e. The van der Waals surface area contributed by atoms with Gasteiger partial charge in [-0.1, -0.05) is 25.5 Å². The lowest BCUT2D eigenvalue weighted by atomic mass is 10.2. The van der Waals surface area contributed by atoms with E-state index in [1.54, 1.807) is 6.07 Å². The normalized spacial score (nSPS) is 9.73. The van der Waals surface area contributed by atoms with Crippen molar-refractivity contribution in [2.24, 2.45) is 0 Å². The molecule has 6 nitrogen and oxygen atoms in total. The number of unbranched alkanes of at least 4 members (excludes halogenated alkanes) is 1. The van der Waals surface area contributed by atoms with E-state index in [0.717, 1.165) is 18.4 Å². The zero-order valence-electron chi connectivity index (χ0n) is 12.8. The number of hydrogen-bond donors (Lipinski definition) is 3. The van der Waals surface area contributed by atoms with E-state index in [1.807, 2.05) is 32.0 Å². The van der Waals surface area contributed by atoms with Crippen LogP contribution < -0.4 is 20.9 Å². The van der Waals surface area contributed by atoms with Gasteiger partial charge in [-0.15, -0.1) is 0 Å². The fraction of sp³-hybridized carbons (Fsp3) is 0.400. The summed E-state index contributed by atoms with van der Waals surface area (Å²) in [5.74, 6) is 0.0434. The largest absolute Gasteiger partial charge is 0.484 e. The van der Waals surface area contributed by atoms with Crippen molar-refractivity contribution in [3.63, 3.8) is 0 Å². The highest BCUT2D eigenvalue weighted by Crippen LogP contribution is 2.11. The lowest BCUT2D eigenvalue weighted by Gasteiger charge is -2.11. The number of thiocarbonyl (C=S) groups is 1. The summed E-state index contributed by atoms with van der Waals surface area (Å²) in [6.07, 6.45) is 2.13. The first-order valence-corrected chi connectivity index (χ1v) is 7.50. The number of hydrazine groups is 1. The SMILES string of the molecule is CCCCC(=O)NC(=S)NNC(=O)COc1cccc(C)c1. The fourth-order valence-electron chi connectivity index (χ4n) is 1.57. The van der Waals surface area contributed by atoms with Crippen LogP contribution in [0, 0.1) is 6.92 Å². The van der Waals surface area contributed by atoms with Crippen LogP contribution in [0.1, 0.15) is 31.7 Å². The number of nitrogens with one attached hydrogen (secondary N) is 3. The van der Waals surface area contributed by atoms with Gasteiger partial charge in [-0.05, 0) is 43.3 Å². The number of benzene rings is 1. The first-order valence-electron chi connectivity index (χ1n) is 7.09. The Bertz CT molecular complexity index is 535. The van der Waals surface area contributed by atoms with E-state index < -0.39 is 5.91 Å². The van der Waals surface area contributed by atoms with Gasteiger partial charge in [0, 0.05) is 6.42 Å². The number of aryl methyl sites for hydroxylation is 1. The molecule has 1 aromatic carbocycles. The summed E-state index contributed by atoms with van der Waals surface area (Å²) >= 11 is 4.90. The molecule has 0 spiro atoms. The summed E-state index contributed by atoms with van der Waals surface area (Å²) in [6.45, 7) is 3.79. The molecule has 0 fully saturated rings. The maximum Gasteiger partial charge on any atom is 0.276 e. The molecule has 0 aromatic heterocycles. The molecular formula is C15H21N3O3S. The average molecular weight is 323 g/mol. The topological polar surface area (TPSA) is 79.5 Å². The third-order valence-electron chi connectivity index (χ3n) is 2.69. The Kier molecular flexibility index (Phi) is 7.91. The molecule has 2 amide bonds. The Labute approximate surface area is 135 Å². The molecule has 0 saturated carbocycles. The van der Waals surface area contributed by atoms with Crippen LogP contribution in [-0.2, 0) is 9.59 Å². The monoisotopic (exact) mass is 323 g/mol. The van der Waals surface area contributed by atoms with Crippen molar-refractivity contribution in [1.29, 1.82) is 0 Å². The number of rotatable bonds is 6. The number of ether oxygens (including phenoxy) is 1. The molecule has 0 saturated heterocycles. The minimum Gasteiger partial charge on any atom is -0.484 e. The second-order valence-corrected chi connectivity index (χ2v) is 5.17. The number of carbonyl (C=O) groups is 2. The minimum atomic E-state index is -0.397. The van der Waals surface area contributed by atoms with Gasteiger partial charge in [-0.3, -0.25) is 20.4 Å². The highest BCUT2D eigenvalue weighted by Gasteiger charge is 2.06. The summed E-state index contributed by atoms with van der Waals surface area (Å²) < 4.78 is 5.33. The van der Waals surface area contributed by atoms with Crippen LogP contribution in [0.5, 0.6) is 5.75 Å². The molecule has 0 aliphatic heterocycles. The molecule has 0 aliphatic rings. The van der Waals surface area contributed by atoms with Crippen molar-refractivity contribution in [3.8, 4) is 5.75 Å². The van der Waals surface area contributed by atoms with Crippen LogP contribution in [0.15, 0.2) is 24.3 Å². The van der Waals surface area contributed by atoms with E-state index in [2.05, 4.69) is 16.2 Å². The molecule has 1 aromatic rings. The first kappa shape index (κ1) is 17.9. The minimum absolute atomic E-state index is 0.0602. The van der Waals surface area contributed by atoms with E-state index in [9.17, 15) is 9.59 Å². The first-order chi connectivity index (χ1) is 10.5. The van der Waals surface area contributed by atoms with Crippen molar-refractivity contribution in [2.75, 3.05) is 6.61 Å². The molecule has 0 heterocycles. The molecule has 0 atom stereocenters. The Morgan fingerprint density at radius 2 is 2.00 bits per heavy atom. The van der Waals surface area contributed by atoms with Gasteiger partial charge >= 0.3 is 0 Å². The Balaban J connectivity index is 2.22. The lowest BCUT2D eigenvalue weighted by Crippen LogP contribution is -2.49. The predicted molar refractivity (Wildman–Crippen MR) is 88.2 cm³/mol. The van der Waals surface area contributed by atoms with Crippen molar-refractivity contribution in [2.45, 2.75) is 33.1 Å². The van der Waals surface area contributed by atoms with Crippen LogP contribution in [0.25, 0.3) is 0 Å². The van der Waals surface area contributed by atoms with Gasteiger partial charge in [-0.2, -0.15) is 0 Å². The molecular weight excluding hydrogens is 302 g/mol. The summed E-state index contributed by atoms with van der Waals surface area (Å²) in [6, 6.07) is 7.39. The van der Waals surface area contributed by atoms with Crippen molar-refractivity contribution < 1.29 is 14.3 Å². The molecule has 22 heavy (non-hydrogen) atoms. The molecule has 0 radical (unpaired) electrons. The van der Waals surface area contributed by atoms with Crippen LogP contribution in [0.4, 0.5) is 0 Å². The van der Waals surface area contributed by atoms with E-state index >= 15 is 0 Å². The number of carbonyl (C=O) groups excluding carboxylic acids is 2. The molecule has 3 N–H and O–H groups in total. The zero-order valence-corrected chi connectivity index (χ0v) is 13.6. The van der Waals surface area contributed by atoms with Gasteiger partial charge in [0.05, 0.1) is 0 Å². The summed E-state index contributed by atoms with van der Waals surface area (Å²) in [5, 5.41) is 2.54. The van der Waals surface area contributed by atoms with Gasteiger partial charge in [-0.25, -0.2) is 0 Å². The number of amides is 2. The van der Waals surface area contributed by atoms with Crippen molar-refractivity contribution >= 4 is 29.1 Å². The molecule has 1 rings (SSSR count). The molecule has 120 valence electrons. The Hall–Kier alpha value is -2.15. The standard InChI is InChI=1S/C15H21N3O3S/c1-3-4-8-13(19)16-15(22)18-17-14(20)10-21-12-7-5-6-11(2)9-12/h5-7,9H,3-4,8,10H2,1-2H3,(H,17,20)(H2,16,18,19,22). The third kappa shape index (κ3) is 7.58. The highest BCUT2D eigenvalue weighted by molar-refractivity contribution is 7.80. The molecule has 0 aliphatic carbocycles. The Morgan fingerprint density at radius 1 is 1.23 bits per heavy atom. The maximum absolute atomic E-state index is 11.6. The van der Waals surface area contributed by atoms with E-state index in [4.69, 9.17) is 17.0 Å².